The minimum absolute atomic E-state index is 0.0401. The maximum atomic E-state index is 12.3. The van der Waals surface area contributed by atoms with Gasteiger partial charge in [-0.1, -0.05) is 46.2 Å². The van der Waals surface area contributed by atoms with Crippen molar-refractivity contribution in [2.75, 3.05) is 18.4 Å². The van der Waals surface area contributed by atoms with Crippen molar-refractivity contribution in [1.82, 2.24) is 10.3 Å². The van der Waals surface area contributed by atoms with E-state index >= 15 is 0 Å². The van der Waals surface area contributed by atoms with Crippen molar-refractivity contribution in [3.63, 3.8) is 0 Å². The van der Waals surface area contributed by atoms with Crippen molar-refractivity contribution in [1.29, 1.82) is 0 Å². The maximum absolute atomic E-state index is 12.3. The molecule has 0 saturated heterocycles. The van der Waals surface area contributed by atoms with Crippen LogP contribution in [0, 0.1) is 11.3 Å². The zero-order valence-electron chi connectivity index (χ0n) is 13.6. The maximum Gasteiger partial charge on any atom is 0.253 e. The van der Waals surface area contributed by atoms with Crippen molar-refractivity contribution in [2.24, 2.45) is 11.3 Å². The van der Waals surface area contributed by atoms with Crippen LogP contribution in [-0.2, 0) is 0 Å². The lowest BCUT2D eigenvalue weighted by atomic mass is 9.81. The van der Waals surface area contributed by atoms with E-state index in [2.05, 4.69) is 50.2 Å². The Hall–Kier alpha value is -1.29. The monoisotopic (exact) mass is 311 g/mol. The zero-order chi connectivity index (χ0) is 16.0. The van der Waals surface area contributed by atoms with Crippen LogP contribution >= 0.6 is 11.6 Å². The molecule has 0 saturated carbocycles. The standard InChI is InChI=1S/C16H26ClN3O/c1-6-7-18-14-8-12(13(17)9-19-14)15(21)20-10-16(4,5)11(2)3/h8-9,11H,6-7,10H2,1-5H3,(H,18,19)(H,20,21). The molecule has 1 aromatic heterocycles. The summed E-state index contributed by atoms with van der Waals surface area (Å²) < 4.78 is 0. The molecule has 118 valence electrons. The fourth-order valence-electron chi connectivity index (χ4n) is 1.57. The Bertz CT molecular complexity index is 486. The van der Waals surface area contributed by atoms with E-state index in [-0.39, 0.29) is 11.3 Å². The van der Waals surface area contributed by atoms with Crippen molar-refractivity contribution in [3.05, 3.63) is 22.8 Å². The smallest absolute Gasteiger partial charge is 0.253 e. The number of nitrogens with zero attached hydrogens (tertiary/aromatic N) is 1. The predicted octanol–water partition coefficient (Wildman–Crippen LogP) is 3.97. The Kier molecular flexibility index (Phi) is 6.46. The highest BCUT2D eigenvalue weighted by molar-refractivity contribution is 6.33. The molecular weight excluding hydrogens is 286 g/mol. The first-order valence-corrected chi connectivity index (χ1v) is 7.83. The summed E-state index contributed by atoms with van der Waals surface area (Å²) in [6, 6.07) is 1.70. The summed E-state index contributed by atoms with van der Waals surface area (Å²) in [5.41, 5.74) is 0.503. The van der Waals surface area contributed by atoms with Gasteiger partial charge < -0.3 is 10.6 Å². The molecule has 0 unspecified atom stereocenters. The molecule has 5 heteroatoms. The summed E-state index contributed by atoms with van der Waals surface area (Å²) in [7, 11) is 0. The normalized spacial score (nSPS) is 11.6. The predicted molar refractivity (Wildman–Crippen MR) is 89.0 cm³/mol. The van der Waals surface area contributed by atoms with Crippen LogP contribution in [0.4, 0.5) is 5.82 Å². The number of carbonyl (C=O) groups excluding carboxylic acids is 1. The second-order valence-corrected chi connectivity index (χ2v) is 6.71. The lowest BCUT2D eigenvalue weighted by Crippen LogP contribution is -2.37. The van der Waals surface area contributed by atoms with E-state index in [4.69, 9.17) is 11.6 Å². The molecule has 0 atom stereocenters. The van der Waals surface area contributed by atoms with Crippen LogP contribution < -0.4 is 10.6 Å². The number of rotatable bonds is 7. The molecule has 1 heterocycles. The van der Waals surface area contributed by atoms with Crippen LogP contribution in [0.3, 0.4) is 0 Å². The summed E-state index contributed by atoms with van der Waals surface area (Å²) in [5, 5.41) is 6.50. The average molecular weight is 312 g/mol. The molecule has 1 aromatic rings. The Morgan fingerprint density at radius 3 is 2.67 bits per heavy atom. The molecule has 2 N–H and O–H groups in total. The number of halogens is 1. The highest BCUT2D eigenvalue weighted by Gasteiger charge is 2.23. The molecule has 0 spiro atoms. The quantitative estimate of drug-likeness (QED) is 0.801. The third-order valence-electron chi connectivity index (χ3n) is 3.92. The van der Waals surface area contributed by atoms with E-state index in [9.17, 15) is 4.79 Å². The molecule has 4 nitrogen and oxygen atoms in total. The Morgan fingerprint density at radius 1 is 1.43 bits per heavy atom. The molecular formula is C16H26ClN3O. The van der Waals surface area contributed by atoms with Crippen LogP contribution in [0.5, 0.6) is 0 Å². The van der Waals surface area contributed by atoms with E-state index in [0.29, 0.717) is 28.9 Å². The van der Waals surface area contributed by atoms with Gasteiger partial charge in [-0.15, -0.1) is 0 Å². The zero-order valence-corrected chi connectivity index (χ0v) is 14.3. The first-order valence-electron chi connectivity index (χ1n) is 7.45. The van der Waals surface area contributed by atoms with Crippen LogP contribution in [0.25, 0.3) is 0 Å². The molecule has 21 heavy (non-hydrogen) atoms. The van der Waals surface area contributed by atoms with E-state index in [1.54, 1.807) is 6.07 Å². The van der Waals surface area contributed by atoms with Gasteiger partial charge in [0.2, 0.25) is 0 Å². The molecule has 0 aliphatic rings. The molecule has 0 radical (unpaired) electrons. The first-order chi connectivity index (χ1) is 9.77. The summed E-state index contributed by atoms with van der Waals surface area (Å²) in [4.78, 5) is 16.5. The van der Waals surface area contributed by atoms with E-state index in [1.165, 1.54) is 6.20 Å². The van der Waals surface area contributed by atoms with Crippen molar-refractivity contribution >= 4 is 23.3 Å². The molecule has 1 rings (SSSR count). The molecule has 0 aliphatic carbocycles. The van der Waals surface area contributed by atoms with Gasteiger partial charge in [-0.3, -0.25) is 4.79 Å². The van der Waals surface area contributed by atoms with Gasteiger partial charge in [-0.05, 0) is 23.8 Å². The van der Waals surface area contributed by atoms with Crippen molar-refractivity contribution in [3.8, 4) is 0 Å². The lowest BCUT2D eigenvalue weighted by Gasteiger charge is -2.29. The Morgan fingerprint density at radius 2 is 2.10 bits per heavy atom. The molecule has 0 fully saturated rings. The van der Waals surface area contributed by atoms with Gasteiger partial charge >= 0.3 is 0 Å². The van der Waals surface area contributed by atoms with E-state index in [1.807, 2.05) is 0 Å². The van der Waals surface area contributed by atoms with Gasteiger partial charge in [0, 0.05) is 19.3 Å². The lowest BCUT2D eigenvalue weighted by molar-refractivity contribution is 0.0925. The van der Waals surface area contributed by atoms with Gasteiger partial charge in [0.1, 0.15) is 5.82 Å². The summed E-state index contributed by atoms with van der Waals surface area (Å²) in [6.07, 6.45) is 2.51. The number of pyridine rings is 1. The topological polar surface area (TPSA) is 54.0 Å². The third kappa shape index (κ3) is 5.20. The number of anilines is 1. The largest absolute Gasteiger partial charge is 0.370 e. The van der Waals surface area contributed by atoms with Crippen molar-refractivity contribution in [2.45, 2.75) is 41.0 Å². The second-order valence-electron chi connectivity index (χ2n) is 6.30. The van der Waals surface area contributed by atoms with Crippen LogP contribution in [0.15, 0.2) is 12.3 Å². The average Bonchev–Trinajstić information content (AvgIpc) is 2.43. The summed E-state index contributed by atoms with van der Waals surface area (Å²) in [5.74, 6) is 0.998. The molecule has 0 aromatic carbocycles. The minimum atomic E-state index is -0.157. The molecule has 1 amide bonds. The first kappa shape index (κ1) is 17.8. The summed E-state index contributed by atoms with van der Waals surface area (Å²) in [6.45, 7) is 12.1. The van der Waals surface area contributed by atoms with Gasteiger partial charge in [0.25, 0.3) is 5.91 Å². The van der Waals surface area contributed by atoms with Crippen LogP contribution in [0.2, 0.25) is 5.02 Å². The van der Waals surface area contributed by atoms with Crippen LogP contribution in [0.1, 0.15) is 51.4 Å². The molecule has 0 bridgehead atoms. The number of hydrogen-bond acceptors (Lipinski definition) is 3. The summed E-state index contributed by atoms with van der Waals surface area (Å²) >= 11 is 6.09. The highest BCUT2D eigenvalue weighted by atomic mass is 35.5. The Labute approximate surface area is 132 Å². The fraction of sp³-hybridized carbons (Fsp3) is 0.625. The SMILES string of the molecule is CCCNc1cc(C(=O)NCC(C)(C)C(C)C)c(Cl)cn1. The number of aromatic nitrogens is 1. The fourth-order valence-corrected chi connectivity index (χ4v) is 1.76. The van der Waals surface area contributed by atoms with E-state index in [0.717, 1.165) is 13.0 Å². The van der Waals surface area contributed by atoms with Gasteiger partial charge in [0.15, 0.2) is 0 Å². The number of hydrogen-bond donors (Lipinski definition) is 2. The number of nitrogens with one attached hydrogen (secondary N) is 2. The second kappa shape index (κ2) is 7.64. The number of carbonyl (C=O) groups is 1. The number of amides is 1. The van der Waals surface area contributed by atoms with Gasteiger partial charge in [-0.2, -0.15) is 0 Å². The van der Waals surface area contributed by atoms with Gasteiger partial charge in [0.05, 0.1) is 10.6 Å². The molecule has 0 aliphatic heterocycles. The van der Waals surface area contributed by atoms with Crippen molar-refractivity contribution < 1.29 is 4.79 Å². The van der Waals surface area contributed by atoms with Crippen LogP contribution in [-0.4, -0.2) is 24.0 Å². The minimum Gasteiger partial charge on any atom is -0.370 e. The highest BCUT2D eigenvalue weighted by Crippen LogP contribution is 2.25. The van der Waals surface area contributed by atoms with E-state index < -0.39 is 0 Å². The van der Waals surface area contributed by atoms with Gasteiger partial charge in [-0.25, -0.2) is 4.98 Å². The third-order valence-corrected chi connectivity index (χ3v) is 4.22. The Balaban J connectivity index is 2.77.